The predicted molar refractivity (Wildman–Crippen MR) is 79.0 cm³/mol. The van der Waals surface area contributed by atoms with Crippen LogP contribution in [0.4, 0.5) is 18.9 Å². The number of carbonyl (C=O) groups excluding carboxylic acids is 1. The number of amides is 1. The molecule has 21 heavy (non-hydrogen) atoms. The molecule has 0 saturated carbocycles. The van der Waals surface area contributed by atoms with Crippen LogP contribution in [0.1, 0.15) is 16.1 Å². The molecular formula is C13H7Br2F3N2O. The molecule has 2 rings (SSSR count). The number of hydrogen-bond acceptors (Lipinski definition) is 2. The Labute approximate surface area is 134 Å². The molecule has 0 saturated heterocycles. The lowest BCUT2D eigenvalue weighted by Gasteiger charge is -2.12. The van der Waals surface area contributed by atoms with Gasteiger partial charge in [0.1, 0.15) is 5.69 Å². The van der Waals surface area contributed by atoms with Crippen molar-refractivity contribution in [3.05, 3.63) is 56.7 Å². The Morgan fingerprint density at radius 2 is 1.86 bits per heavy atom. The minimum absolute atomic E-state index is 0.0353. The molecule has 0 atom stereocenters. The summed E-state index contributed by atoms with van der Waals surface area (Å²) in [4.78, 5) is 15.9. The maximum absolute atomic E-state index is 12.8. The highest BCUT2D eigenvalue weighted by molar-refractivity contribution is 9.10. The van der Waals surface area contributed by atoms with Crippen LogP contribution in [0.25, 0.3) is 0 Å². The molecule has 0 unspecified atom stereocenters. The van der Waals surface area contributed by atoms with Gasteiger partial charge in [0, 0.05) is 20.8 Å². The molecule has 1 aromatic carbocycles. The van der Waals surface area contributed by atoms with Crippen LogP contribution in [0, 0.1) is 0 Å². The highest BCUT2D eigenvalue weighted by atomic mass is 79.9. The molecule has 110 valence electrons. The lowest BCUT2D eigenvalue weighted by Crippen LogP contribution is -2.15. The fourth-order valence-corrected chi connectivity index (χ4v) is 2.47. The molecule has 1 amide bonds. The number of carbonyl (C=O) groups is 1. The van der Waals surface area contributed by atoms with E-state index in [1.165, 1.54) is 18.3 Å². The van der Waals surface area contributed by atoms with Gasteiger partial charge in [-0.2, -0.15) is 13.2 Å². The van der Waals surface area contributed by atoms with Gasteiger partial charge >= 0.3 is 6.18 Å². The number of anilines is 1. The van der Waals surface area contributed by atoms with Crippen molar-refractivity contribution < 1.29 is 18.0 Å². The van der Waals surface area contributed by atoms with Gasteiger partial charge in [-0.3, -0.25) is 4.79 Å². The van der Waals surface area contributed by atoms with Gasteiger partial charge in [-0.05, 0) is 46.3 Å². The van der Waals surface area contributed by atoms with Crippen molar-refractivity contribution in [2.24, 2.45) is 0 Å². The van der Waals surface area contributed by atoms with E-state index in [9.17, 15) is 18.0 Å². The van der Waals surface area contributed by atoms with Crippen molar-refractivity contribution in [1.82, 2.24) is 4.98 Å². The number of rotatable bonds is 2. The second kappa shape index (κ2) is 6.15. The van der Waals surface area contributed by atoms with Gasteiger partial charge in [-0.15, -0.1) is 0 Å². The molecule has 0 aliphatic carbocycles. The molecule has 0 aliphatic rings. The molecule has 8 heteroatoms. The van der Waals surface area contributed by atoms with Crippen LogP contribution in [-0.4, -0.2) is 10.9 Å². The Bertz CT molecular complexity index is 689. The first-order valence-electron chi connectivity index (χ1n) is 5.57. The zero-order valence-corrected chi connectivity index (χ0v) is 13.4. The van der Waals surface area contributed by atoms with Crippen LogP contribution in [0.5, 0.6) is 0 Å². The molecule has 0 fully saturated rings. The smallest absolute Gasteiger partial charge is 0.321 e. The molecule has 0 aliphatic heterocycles. The molecule has 0 radical (unpaired) electrons. The topological polar surface area (TPSA) is 42.0 Å². The Morgan fingerprint density at radius 1 is 1.14 bits per heavy atom. The number of benzene rings is 1. The maximum atomic E-state index is 12.8. The first kappa shape index (κ1) is 16.0. The lowest BCUT2D eigenvalue weighted by atomic mass is 10.2. The van der Waals surface area contributed by atoms with E-state index in [1.54, 1.807) is 12.1 Å². The molecule has 1 heterocycles. The number of aromatic nitrogens is 1. The Kier molecular flexibility index (Phi) is 4.67. The SMILES string of the molecule is O=C(Nc1ccc(Br)c(C(F)(F)F)c1)c1ncccc1Br. The summed E-state index contributed by atoms with van der Waals surface area (Å²) < 4.78 is 38.7. The standard InChI is InChI=1S/C13H7Br2F3N2O/c14-9-4-3-7(6-8(9)13(16,17)18)20-12(21)11-10(15)2-1-5-19-11/h1-6H,(H,20,21). The average molecular weight is 424 g/mol. The van der Waals surface area contributed by atoms with E-state index in [1.807, 2.05) is 0 Å². The third-order valence-electron chi connectivity index (χ3n) is 2.50. The second-order valence-corrected chi connectivity index (χ2v) is 5.69. The van der Waals surface area contributed by atoms with E-state index in [2.05, 4.69) is 42.2 Å². The van der Waals surface area contributed by atoms with Gasteiger partial charge in [0.2, 0.25) is 0 Å². The Morgan fingerprint density at radius 3 is 2.48 bits per heavy atom. The largest absolute Gasteiger partial charge is 0.417 e. The van der Waals surface area contributed by atoms with Crippen molar-refractivity contribution in [3.8, 4) is 0 Å². The quantitative estimate of drug-likeness (QED) is 0.748. The number of nitrogens with one attached hydrogen (secondary N) is 1. The van der Waals surface area contributed by atoms with Gasteiger partial charge in [0.25, 0.3) is 5.91 Å². The molecule has 1 N–H and O–H groups in total. The molecule has 3 nitrogen and oxygen atoms in total. The van der Waals surface area contributed by atoms with Crippen LogP contribution in [-0.2, 0) is 6.18 Å². The summed E-state index contributed by atoms with van der Waals surface area (Å²) in [5.41, 5.74) is -0.734. The van der Waals surface area contributed by atoms with Gasteiger partial charge < -0.3 is 5.32 Å². The Hall–Kier alpha value is -1.41. The van der Waals surface area contributed by atoms with Gasteiger partial charge in [-0.1, -0.05) is 15.9 Å². The average Bonchev–Trinajstić information content (AvgIpc) is 2.40. The zero-order valence-electron chi connectivity index (χ0n) is 10.2. The van der Waals surface area contributed by atoms with E-state index in [-0.39, 0.29) is 15.9 Å². The molecule has 2 aromatic rings. The molecular weight excluding hydrogens is 417 g/mol. The van der Waals surface area contributed by atoms with Crippen molar-refractivity contribution in [2.75, 3.05) is 5.32 Å². The second-order valence-electron chi connectivity index (χ2n) is 3.98. The zero-order chi connectivity index (χ0) is 15.6. The third-order valence-corrected chi connectivity index (χ3v) is 3.83. The summed E-state index contributed by atoms with van der Waals surface area (Å²) in [5, 5.41) is 2.39. The van der Waals surface area contributed by atoms with Crippen LogP contribution in [0.2, 0.25) is 0 Å². The first-order chi connectivity index (χ1) is 9.79. The van der Waals surface area contributed by atoms with Crippen LogP contribution >= 0.6 is 31.9 Å². The van der Waals surface area contributed by atoms with Gasteiger partial charge in [0.05, 0.1) is 5.56 Å². The summed E-state index contributed by atoms with van der Waals surface area (Å²) in [7, 11) is 0. The monoisotopic (exact) mass is 422 g/mol. The minimum Gasteiger partial charge on any atom is -0.321 e. The van der Waals surface area contributed by atoms with Gasteiger partial charge in [-0.25, -0.2) is 4.98 Å². The van der Waals surface area contributed by atoms with Crippen LogP contribution in [0.3, 0.4) is 0 Å². The number of halogens is 5. The normalized spacial score (nSPS) is 11.3. The fraction of sp³-hybridized carbons (Fsp3) is 0.0769. The van der Waals surface area contributed by atoms with E-state index >= 15 is 0 Å². The van der Waals surface area contributed by atoms with Crippen LogP contribution in [0.15, 0.2) is 45.5 Å². The maximum Gasteiger partial charge on any atom is 0.417 e. The molecule has 0 spiro atoms. The first-order valence-corrected chi connectivity index (χ1v) is 7.16. The van der Waals surface area contributed by atoms with E-state index < -0.39 is 17.6 Å². The predicted octanol–water partition coefficient (Wildman–Crippen LogP) is 4.88. The Balaban J connectivity index is 2.29. The van der Waals surface area contributed by atoms with Crippen molar-refractivity contribution in [3.63, 3.8) is 0 Å². The fourth-order valence-electron chi connectivity index (χ4n) is 1.56. The van der Waals surface area contributed by atoms with Gasteiger partial charge in [0.15, 0.2) is 0 Å². The van der Waals surface area contributed by atoms with E-state index in [0.29, 0.717) is 4.47 Å². The molecule has 0 bridgehead atoms. The highest BCUT2D eigenvalue weighted by Crippen LogP contribution is 2.36. The lowest BCUT2D eigenvalue weighted by molar-refractivity contribution is -0.138. The van der Waals surface area contributed by atoms with Crippen molar-refractivity contribution in [1.29, 1.82) is 0 Å². The van der Waals surface area contributed by atoms with Crippen LogP contribution < -0.4 is 5.32 Å². The number of alkyl halides is 3. The summed E-state index contributed by atoms with van der Waals surface area (Å²) in [6.07, 6.45) is -3.09. The third kappa shape index (κ3) is 3.82. The summed E-state index contributed by atoms with van der Waals surface area (Å²) >= 11 is 5.99. The van der Waals surface area contributed by atoms with Crippen molar-refractivity contribution in [2.45, 2.75) is 6.18 Å². The summed E-state index contributed by atoms with van der Waals surface area (Å²) in [6.45, 7) is 0. The van der Waals surface area contributed by atoms with Crippen molar-refractivity contribution >= 4 is 43.5 Å². The van der Waals surface area contributed by atoms with E-state index in [0.717, 1.165) is 6.07 Å². The highest BCUT2D eigenvalue weighted by Gasteiger charge is 2.33. The molecule has 1 aromatic heterocycles. The number of nitrogens with zero attached hydrogens (tertiary/aromatic N) is 1. The summed E-state index contributed by atoms with van der Waals surface area (Å²) in [5.74, 6) is -0.599. The minimum atomic E-state index is -4.51. The number of pyridine rings is 1. The van der Waals surface area contributed by atoms with E-state index in [4.69, 9.17) is 0 Å². The summed E-state index contributed by atoms with van der Waals surface area (Å²) in [6, 6.07) is 6.70. The number of hydrogen-bond donors (Lipinski definition) is 1.